The van der Waals surface area contributed by atoms with Crippen LogP contribution in [-0.2, 0) is 6.42 Å². The third-order valence-corrected chi connectivity index (χ3v) is 7.92. The molecule has 2 aromatic carbocycles. The lowest BCUT2D eigenvalue weighted by atomic mass is 10.0. The molecule has 0 saturated carbocycles. The number of benzene rings is 2. The Kier molecular flexibility index (Phi) is 18.6. The fraction of sp³-hybridized carbons (Fsp3) is 0.595. The van der Waals surface area contributed by atoms with Crippen LogP contribution in [0.25, 0.3) is 6.08 Å². The molecule has 216 valence electrons. The van der Waals surface area contributed by atoms with Gasteiger partial charge in [0.05, 0.1) is 6.61 Å². The van der Waals surface area contributed by atoms with Crippen molar-refractivity contribution in [3.8, 4) is 5.75 Å². The molecule has 2 heteroatoms. The van der Waals surface area contributed by atoms with Crippen LogP contribution in [0, 0.1) is 5.92 Å². The highest BCUT2D eigenvalue weighted by Crippen LogP contribution is 2.25. The lowest BCUT2D eigenvalue weighted by molar-refractivity contribution is 0.303. The predicted octanol–water partition coefficient (Wildman–Crippen LogP) is 12.0. The second-order valence-corrected chi connectivity index (χ2v) is 12.1. The summed E-state index contributed by atoms with van der Waals surface area (Å²) in [6.45, 7) is 7.70. The number of hydrogen-bond acceptors (Lipinski definition) is 2. The second-order valence-electron chi connectivity index (χ2n) is 11.7. The summed E-state index contributed by atoms with van der Waals surface area (Å²) in [5.41, 5.74) is 3.58. The van der Waals surface area contributed by atoms with Gasteiger partial charge in [-0.05, 0) is 54.5 Å². The van der Waals surface area contributed by atoms with Gasteiger partial charge in [-0.3, -0.25) is 0 Å². The topological polar surface area (TPSA) is 9.23 Å². The number of unbranched alkanes of at least 4 members (excludes halogenated alkanes) is 13. The summed E-state index contributed by atoms with van der Waals surface area (Å²) in [7, 11) is 0. The van der Waals surface area contributed by atoms with Crippen molar-refractivity contribution in [2.75, 3.05) is 6.61 Å². The Balaban J connectivity index is 1.76. The van der Waals surface area contributed by atoms with Gasteiger partial charge in [-0.15, -0.1) is 0 Å². The van der Waals surface area contributed by atoms with E-state index in [-0.39, 0.29) is 0 Å². The summed E-state index contributed by atoms with van der Waals surface area (Å²) < 4.78 is 6.37. The Morgan fingerprint density at radius 3 is 1.97 bits per heavy atom. The predicted molar refractivity (Wildman–Crippen MR) is 177 cm³/mol. The maximum atomic E-state index is 6.37. The molecule has 0 heterocycles. The van der Waals surface area contributed by atoms with Gasteiger partial charge in [0.25, 0.3) is 0 Å². The van der Waals surface area contributed by atoms with E-state index in [2.05, 4.69) is 57.2 Å². The first-order chi connectivity index (χ1) is 19.1. The fourth-order valence-corrected chi connectivity index (χ4v) is 5.25. The molecule has 0 aliphatic heterocycles. The van der Waals surface area contributed by atoms with E-state index in [0.29, 0.717) is 0 Å². The summed E-state index contributed by atoms with van der Waals surface area (Å²) in [4.78, 5) is 0.857. The minimum Gasteiger partial charge on any atom is -0.493 e. The Morgan fingerprint density at radius 2 is 1.36 bits per heavy atom. The Bertz CT molecular complexity index is 914. The largest absolute Gasteiger partial charge is 0.493 e. The molecular formula is C37H56OS. The zero-order valence-corrected chi connectivity index (χ0v) is 26.2. The number of rotatable bonds is 23. The van der Waals surface area contributed by atoms with Crippen LogP contribution >= 0.6 is 12.2 Å². The van der Waals surface area contributed by atoms with Crippen LogP contribution in [0.4, 0.5) is 0 Å². The van der Waals surface area contributed by atoms with E-state index >= 15 is 0 Å². The molecule has 0 bridgehead atoms. The minimum absolute atomic E-state index is 0.783. The van der Waals surface area contributed by atoms with Crippen molar-refractivity contribution in [1.82, 2.24) is 0 Å². The van der Waals surface area contributed by atoms with E-state index in [4.69, 9.17) is 17.0 Å². The molecule has 0 aliphatic rings. The number of hydrogen-bond donors (Lipinski definition) is 0. The monoisotopic (exact) mass is 548 g/mol. The van der Waals surface area contributed by atoms with E-state index in [0.717, 1.165) is 47.1 Å². The summed E-state index contributed by atoms with van der Waals surface area (Å²) >= 11 is 5.65. The summed E-state index contributed by atoms with van der Waals surface area (Å²) in [6.07, 6.45) is 26.9. The number of allylic oxidation sites excluding steroid dienone is 1. The van der Waals surface area contributed by atoms with Crippen molar-refractivity contribution < 1.29 is 4.74 Å². The van der Waals surface area contributed by atoms with Crippen LogP contribution in [-0.4, -0.2) is 11.5 Å². The molecule has 2 rings (SSSR count). The Labute approximate surface area is 246 Å². The highest BCUT2D eigenvalue weighted by molar-refractivity contribution is 7.81. The third kappa shape index (κ3) is 16.1. The molecule has 0 atom stereocenters. The zero-order valence-electron chi connectivity index (χ0n) is 25.4. The molecule has 39 heavy (non-hydrogen) atoms. The lowest BCUT2D eigenvalue weighted by Crippen LogP contribution is -2.00. The van der Waals surface area contributed by atoms with Crippen molar-refractivity contribution in [1.29, 1.82) is 0 Å². The lowest BCUT2D eigenvalue weighted by Gasteiger charge is -2.12. The first-order valence-corrected chi connectivity index (χ1v) is 16.5. The number of aryl methyl sites for hydroxylation is 1. The summed E-state index contributed by atoms with van der Waals surface area (Å²) in [5.74, 6) is 1.78. The Hall–Kier alpha value is -1.93. The maximum Gasteiger partial charge on any atom is 0.126 e. The van der Waals surface area contributed by atoms with E-state index in [1.165, 1.54) is 102 Å². The van der Waals surface area contributed by atoms with Gasteiger partial charge < -0.3 is 4.74 Å². The van der Waals surface area contributed by atoms with Gasteiger partial charge in [-0.2, -0.15) is 0 Å². The number of thiocarbonyl (C=S) groups is 1. The Morgan fingerprint density at radius 1 is 0.744 bits per heavy atom. The van der Waals surface area contributed by atoms with Crippen molar-refractivity contribution in [3.05, 3.63) is 71.3 Å². The third-order valence-electron chi connectivity index (χ3n) is 7.55. The average Bonchev–Trinajstić information content (AvgIpc) is 2.95. The van der Waals surface area contributed by atoms with E-state index < -0.39 is 0 Å². The quantitative estimate of drug-likeness (QED) is 0.0591. The molecule has 0 aliphatic carbocycles. The molecule has 0 radical (unpaired) electrons. The molecule has 0 amide bonds. The van der Waals surface area contributed by atoms with Crippen LogP contribution < -0.4 is 4.74 Å². The maximum absolute atomic E-state index is 6.37. The van der Waals surface area contributed by atoms with E-state index in [1.807, 2.05) is 24.3 Å². The molecule has 0 spiro atoms. The first kappa shape index (κ1) is 33.3. The number of ether oxygens (including phenoxy) is 1. The molecule has 0 fully saturated rings. The normalized spacial score (nSPS) is 11.5. The van der Waals surface area contributed by atoms with Crippen LogP contribution in [0.1, 0.15) is 140 Å². The molecule has 0 unspecified atom stereocenters. The van der Waals surface area contributed by atoms with Gasteiger partial charge >= 0.3 is 0 Å². The van der Waals surface area contributed by atoms with Gasteiger partial charge in [-0.1, -0.05) is 165 Å². The smallest absolute Gasteiger partial charge is 0.126 e. The van der Waals surface area contributed by atoms with Crippen molar-refractivity contribution in [2.45, 2.75) is 130 Å². The molecule has 0 aromatic heterocycles. The van der Waals surface area contributed by atoms with Gasteiger partial charge in [-0.25, -0.2) is 0 Å². The molecule has 0 N–H and O–H groups in total. The van der Waals surface area contributed by atoms with Gasteiger partial charge in [0.15, 0.2) is 0 Å². The highest BCUT2D eigenvalue weighted by Gasteiger charge is 2.06. The zero-order chi connectivity index (χ0) is 28.0. The molecular weight excluding hydrogens is 492 g/mol. The van der Waals surface area contributed by atoms with E-state index in [1.54, 1.807) is 0 Å². The van der Waals surface area contributed by atoms with Crippen molar-refractivity contribution >= 4 is 23.2 Å². The molecule has 2 aromatic rings. The first-order valence-electron chi connectivity index (χ1n) is 16.1. The van der Waals surface area contributed by atoms with Gasteiger partial charge in [0.1, 0.15) is 5.75 Å². The highest BCUT2D eigenvalue weighted by atomic mass is 32.1. The van der Waals surface area contributed by atoms with Gasteiger partial charge in [0, 0.05) is 10.4 Å². The van der Waals surface area contributed by atoms with Crippen LogP contribution in [0.2, 0.25) is 0 Å². The van der Waals surface area contributed by atoms with Crippen LogP contribution in [0.5, 0.6) is 5.75 Å². The van der Waals surface area contributed by atoms with Gasteiger partial charge in [0.2, 0.25) is 0 Å². The fourth-order valence-electron chi connectivity index (χ4n) is 5.04. The molecule has 1 nitrogen and oxygen atoms in total. The van der Waals surface area contributed by atoms with E-state index in [9.17, 15) is 0 Å². The average molecular weight is 549 g/mol. The summed E-state index contributed by atoms with van der Waals surface area (Å²) in [6, 6.07) is 17.0. The molecule has 0 saturated heterocycles. The minimum atomic E-state index is 0.783. The van der Waals surface area contributed by atoms with Crippen molar-refractivity contribution in [3.63, 3.8) is 0 Å². The van der Waals surface area contributed by atoms with Crippen LogP contribution in [0.15, 0.2) is 54.6 Å². The van der Waals surface area contributed by atoms with Crippen molar-refractivity contribution in [2.24, 2.45) is 5.92 Å². The second kappa shape index (κ2) is 21.8. The standard InChI is InChI=1S/C37H56OS/c1-4-5-6-7-8-9-10-11-12-13-14-15-21-30-38-36-31-33(23-20-19-22-32(2)3)26-27-34(36)28-29-37(39)35-24-17-16-18-25-35/h16-18,24-29,31-32H,4-15,19-23,30H2,1-3H3. The summed E-state index contributed by atoms with van der Waals surface area (Å²) in [5, 5.41) is 0. The van der Waals surface area contributed by atoms with Crippen LogP contribution in [0.3, 0.4) is 0 Å². The SMILES string of the molecule is CCCCCCCCCCCCCCCOc1cc(CCCCC(C)C)ccc1C=CC(=S)c1ccccc1.